The van der Waals surface area contributed by atoms with Gasteiger partial charge >= 0.3 is 0 Å². The summed E-state index contributed by atoms with van der Waals surface area (Å²) in [7, 11) is 0. The minimum absolute atomic E-state index is 0.0679. The first-order valence-corrected chi connectivity index (χ1v) is 25.6. The van der Waals surface area contributed by atoms with Gasteiger partial charge in [0.15, 0.2) is 0 Å². The maximum Gasteiger partial charge on any atom is 0.220 e. The Bertz CT molecular complexity index is 810. The highest BCUT2D eigenvalue weighted by Gasteiger charge is 2.17. The molecule has 0 rings (SSSR count). The Hall–Kier alpha value is -1.13. The normalized spacial score (nSPS) is 13.0. The van der Waals surface area contributed by atoms with Crippen LogP contribution >= 0.6 is 0 Å². The second-order valence-electron chi connectivity index (χ2n) is 17.6. The number of aliphatic hydroxyl groups is 2. The molecule has 0 aromatic rings. The Balaban J connectivity index is 3.52. The van der Waals surface area contributed by atoms with Gasteiger partial charge in [-0.1, -0.05) is 269 Å². The third-order valence-corrected chi connectivity index (χ3v) is 11.9. The van der Waals surface area contributed by atoms with Crippen LogP contribution in [0.3, 0.4) is 0 Å². The molecule has 0 aliphatic carbocycles. The Morgan fingerprint density at radius 1 is 0.411 bits per heavy atom. The maximum absolute atomic E-state index is 12.4. The zero-order chi connectivity index (χ0) is 40.7. The van der Waals surface area contributed by atoms with E-state index in [0.717, 1.165) is 32.1 Å². The summed E-state index contributed by atoms with van der Waals surface area (Å²) in [4.78, 5) is 12.4. The third kappa shape index (κ3) is 44.0. The molecule has 332 valence electrons. The number of carbonyl (C=O) groups is 1. The molecule has 2 unspecified atom stereocenters. The van der Waals surface area contributed by atoms with E-state index in [1.807, 2.05) is 6.08 Å². The first kappa shape index (κ1) is 54.9. The predicted molar refractivity (Wildman–Crippen MR) is 249 cm³/mol. The zero-order valence-electron chi connectivity index (χ0n) is 38.2. The monoisotopic (exact) mass is 788 g/mol. The molecule has 0 fully saturated rings. The molecule has 4 nitrogen and oxygen atoms in total. The van der Waals surface area contributed by atoms with Crippen molar-refractivity contribution >= 4 is 5.91 Å². The Morgan fingerprint density at radius 3 is 1.04 bits per heavy atom. The lowest BCUT2D eigenvalue weighted by atomic mass is 10.0. The highest BCUT2D eigenvalue weighted by atomic mass is 16.3. The predicted octanol–water partition coefficient (Wildman–Crippen LogP) is 16.4. The molecule has 4 heteroatoms. The summed E-state index contributed by atoms with van der Waals surface area (Å²) in [6.45, 7) is 4.33. The summed E-state index contributed by atoms with van der Waals surface area (Å²) >= 11 is 0. The lowest BCUT2D eigenvalue weighted by molar-refractivity contribution is -0.123. The van der Waals surface area contributed by atoms with Crippen molar-refractivity contribution in [3.63, 3.8) is 0 Å². The number of amides is 1. The van der Waals surface area contributed by atoms with E-state index in [2.05, 4.69) is 31.3 Å². The van der Waals surface area contributed by atoms with Gasteiger partial charge in [-0.3, -0.25) is 4.79 Å². The van der Waals surface area contributed by atoms with Gasteiger partial charge < -0.3 is 15.5 Å². The molecule has 0 heterocycles. The molecule has 0 radical (unpaired) electrons. The summed E-state index contributed by atoms with van der Waals surface area (Å²) < 4.78 is 0. The Kier molecular flexibility index (Phi) is 47.3. The standard InChI is InChI=1S/C52H101NO3/c1-3-5-7-9-11-13-15-17-19-21-23-25-27-29-31-33-35-37-39-41-43-45-47-51(55)50(49-54)53-52(56)48-46-44-42-40-38-36-34-32-30-28-26-24-22-20-18-16-14-12-10-8-6-4-2/h37,39,45,47,50-51,54-55H,3-36,38,40-44,46,48-49H2,1-2H3,(H,53,56)/b39-37+,47-45+. The lowest BCUT2D eigenvalue weighted by Gasteiger charge is -2.19. The van der Waals surface area contributed by atoms with E-state index in [1.165, 1.54) is 231 Å². The average molecular weight is 788 g/mol. The molecule has 0 aromatic heterocycles. The summed E-state index contributed by atoms with van der Waals surface area (Å²) in [5, 5.41) is 23.1. The van der Waals surface area contributed by atoms with Crippen molar-refractivity contribution in [3.05, 3.63) is 24.3 Å². The number of nitrogens with one attached hydrogen (secondary N) is 1. The molecule has 0 bridgehead atoms. The third-order valence-electron chi connectivity index (χ3n) is 11.9. The molecule has 3 N–H and O–H groups in total. The van der Waals surface area contributed by atoms with Crippen LogP contribution < -0.4 is 5.32 Å². The molecular formula is C52H101NO3. The topological polar surface area (TPSA) is 69.6 Å². The van der Waals surface area contributed by atoms with Crippen molar-refractivity contribution in [1.82, 2.24) is 5.32 Å². The van der Waals surface area contributed by atoms with Crippen molar-refractivity contribution in [1.29, 1.82) is 0 Å². The van der Waals surface area contributed by atoms with E-state index in [9.17, 15) is 15.0 Å². The van der Waals surface area contributed by atoms with Gasteiger partial charge in [0, 0.05) is 6.42 Å². The van der Waals surface area contributed by atoms with Crippen LogP contribution in [0, 0.1) is 0 Å². The zero-order valence-corrected chi connectivity index (χ0v) is 38.2. The number of hydrogen-bond donors (Lipinski definition) is 3. The van der Waals surface area contributed by atoms with Gasteiger partial charge in [-0.05, 0) is 32.1 Å². The van der Waals surface area contributed by atoms with Gasteiger partial charge in [0.1, 0.15) is 0 Å². The van der Waals surface area contributed by atoms with Gasteiger partial charge in [-0.15, -0.1) is 0 Å². The van der Waals surface area contributed by atoms with Gasteiger partial charge in [-0.25, -0.2) is 0 Å². The summed E-state index contributed by atoms with van der Waals surface area (Å²) in [5.74, 6) is -0.0679. The molecule has 1 amide bonds. The number of unbranched alkanes of at least 4 members (excludes halogenated alkanes) is 38. The number of carbonyl (C=O) groups excluding carboxylic acids is 1. The van der Waals surface area contributed by atoms with E-state index in [4.69, 9.17) is 0 Å². The van der Waals surface area contributed by atoms with E-state index in [-0.39, 0.29) is 12.5 Å². The highest BCUT2D eigenvalue weighted by molar-refractivity contribution is 5.76. The van der Waals surface area contributed by atoms with Crippen molar-refractivity contribution in [2.45, 2.75) is 296 Å². The van der Waals surface area contributed by atoms with E-state index < -0.39 is 12.1 Å². The SMILES string of the molecule is CCCCCCCCCCCCCCCCCC/C=C/CC/C=C/C(O)C(CO)NC(=O)CCCCCCCCCCCCCCCCCCCCCCCC. The molecule has 2 atom stereocenters. The van der Waals surface area contributed by atoms with Gasteiger partial charge in [0.25, 0.3) is 0 Å². The molecule has 0 aliphatic rings. The van der Waals surface area contributed by atoms with Crippen molar-refractivity contribution < 1.29 is 15.0 Å². The maximum atomic E-state index is 12.4. The largest absolute Gasteiger partial charge is 0.394 e. The smallest absolute Gasteiger partial charge is 0.220 e. The van der Waals surface area contributed by atoms with Crippen LogP contribution in [0.2, 0.25) is 0 Å². The van der Waals surface area contributed by atoms with E-state index in [1.54, 1.807) is 6.08 Å². The Labute approximate surface area is 351 Å². The highest BCUT2D eigenvalue weighted by Crippen LogP contribution is 2.17. The van der Waals surface area contributed by atoms with Crippen molar-refractivity contribution in [2.24, 2.45) is 0 Å². The Morgan fingerprint density at radius 2 is 0.696 bits per heavy atom. The van der Waals surface area contributed by atoms with Gasteiger partial charge in [0.05, 0.1) is 18.8 Å². The number of allylic oxidation sites excluding steroid dienone is 3. The van der Waals surface area contributed by atoms with Crippen molar-refractivity contribution in [2.75, 3.05) is 6.61 Å². The number of aliphatic hydroxyl groups excluding tert-OH is 2. The fourth-order valence-corrected chi connectivity index (χ4v) is 8.02. The lowest BCUT2D eigenvalue weighted by Crippen LogP contribution is -2.45. The first-order chi connectivity index (χ1) is 27.7. The fraction of sp³-hybridized carbons (Fsp3) is 0.904. The number of rotatable bonds is 47. The molecule has 56 heavy (non-hydrogen) atoms. The summed E-state index contributed by atoms with van der Waals surface area (Å²) in [6.07, 6.45) is 63.2. The van der Waals surface area contributed by atoms with Crippen LogP contribution in [0.4, 0.5) is 0 Å². The average Bonchev–Trinajstić information content (AvgIpc) is 3.20. The summed E-state index contributed by atoms with van der Waals surface area (Å²) in [5.41, 5.74) is 0. The number of hydrogen-bond acceptors (Lipinski definition) is 3. The molecule has 0 spiro atoms. The molecular weight excluding hydrogens is 687 g/mol. The van der Waals surface area contributed by atoms with Crippen LogP contribution in [0.25, 0.3) is 0 Å². The van der Waals surface area contributed by atoms with Crippen LogP contribution in [0.5, 0.6) is 0 Å². The van der Waals surface area contributed by atoms with Crippen LogP contribution in [-0.2, 0) is 4.79 Å². The molecule has 0 saturated heterocycles. The fourth-order valence-electron chi connectivity index (χ4n) is 8.02. The minimum atomic E-state index is -0.859. The van der Waals surface area contributed by atoms with Crippen LogP contribution in [0.15, 0.2) is 24.3 Å². The van der Waals surface area contributed by atoms with Gasteiger partial charge in [-0.2, -0.15) is 0 Å². The quantitative estimate of drug-likeness (QED) is 0.0425. The van der Waals surface area contributed by atoms with E-state index >= 15 is 0 Å². The van der Waals surface area contributed by atoms with Crippen molar-refractivity contribution in [3.8, 4) is 0 Å². The van der Waals surface area contributed by atoms with Gasteiger partial charge in [0.2, 0.25) is 5.91 Å². The van der Waals surface area contributed by atoms with Crippen LogP contribution in [0.1, 0.15) is 284 Å². The molecule has 0 aromatic carbocycles. The second kappa shape index (κ2) is 48.2. The first-order valence-electron chi connectivity index (χ1n) is 25.6. The second-order valence-corrected chi connectivity index (χ2v) is 17.6. The summed E-state index contributed by atoms with van der Waals surface area (Å²) in [6, 6.07) is -0.635. The molecule has 0 aliphatic heterocycles. The van der Waals surface area contributed by atoms with Crippen LogP contribution in [-0.4, -0.2) is 34.9 Å². The minimum Gasteiger partial charge on any atom is -0.394 e. The molecule has 0 saturated carbocycles. The van der Waals surface area contributed by atoms with E-state index in [0.29, 0.717) is 6.42 Å².